The molecule has 0 unspecified atom stereocenters. The molecule has 17 aromatic carbocycles. The molecular weight excluding hydrogens is 1370 g/mol. The van der Waals surface area contributed by atoms with Gasteiger partial charge in [0.25, 0.3) is 0 Å². The molecule has 0 fully saturated rings. The Hall–Kier alpha value is -15.1. The molecule has 0 aliphatic rings. The van der Waals surface area contributed by atoms with E-state index in [0.717, 1.165) is 178 Å². The minimum absolute atomic E-state index is 0.861. The molecule has 0 aliphatic heterocycles. The first-order chi connectivity index (χ1) is 55.6. The fraction of sp³-hybridized carbons (Fsp3) is 0. The van der Waals surface area contributed by atoms with Gasteiger partial charge in [-0.05, 0) is 196 Å². The molecule has 112 heavy (non-hydrogen) atoms. The molecule has 23 aromatic rings. The molecule has 6 heterocycles. The average molecular weight is 1440 g/mol. The van der Waals surface area contributed by atoms with Gasteiger partial charge in [-0.2, -0.15) is 0 Å². The maximum absolute atomic E-state index is 6.87. The number of fused-ring (bicyclic) bond motifs is 17. The molecule has 0 atom stereocenters. The predicted molar refractivity (Wildman–Crippen MR) is 464 cm³/mol. The van der Waals surface area contributed by atoms with E-state index < -0.39 is 0 Å². The second kappa shape index (κ2) is 26.4. The Morgan fingerprint density at radius 1 is 0.205 bits per heavy atom. The number of furan rings is 4. The van der Waals surface area contributed by atoms with Gasteiger partial charge in [0.05, 0.1) is 22.1 Å². The van der Waals surface area contributed by atoms with Crippen LogP contribution >= 0.6 is 0 Å². The Kier molecular flexibility index (Phi) is 15.1. The first kappa shape index (κ1) is 64.1. The summed E-state index contributed by atoms with van der Waals surface area (Å²) < 4.78 is 31.0. The van der Waals surface area contributed by atoms with Crippen molar-refractivity contribution in [2.24, 2.45) is 0 Å². The summed E-state index contributed by atoms with van der Waals surface area (Å²) >= 11 is 0. The fourth-order valence-electron chi connectivity index (χ4n) is 17.1. The molecule has 0 amide bonds. The van der Waals surface area contributed by atoms with E-state index in [1.807, 2.05) is 24.3 Å². The summed E-state index contributed by atoms with van der Waals surface area (Å²) in [7, 11) is 0. The van der Waals surface area contributed by atoms with Crippen LogP contribution in [0.15, 0.2) is 418 Å². The molecule has 0 saturated carbocycles. The van der Waals surface area contributed by atoms with Crippen molar-refractivity contribution in [2.45, 2.75) is 0 Å². The Balaban J connectivity index is 0.000000138. The van der Waals surface area contributed by atoms with Crippen molar-refractivity contribution >= 4 is 155 Å². The standard InChI is InChI=1S/C54H34N2O2.C50H32N2O2/c1-2-14-38(15-3-1)56-49-22-8-6-18-46(49)54-52(56)47-21-11-20-44(53(47)58-54)37-26-30-40(31-27-37)55(41-32-33-51-48(34-41)45-17-7-9-23-50(45)57-51)39-28-24-36(25-29-39)43-19-10-13-35-12-4-5-16-42(35)43;1-3-13-33(14-4-1)34-25-29-37(30-26-34)51(44-22-12-24-46-47(44)41-18-8-10-23-45(41)53-46)38-31-27-35(28-32-38)39-19-11-20-42-48-50(54-49(39)42)40-17-7-9-21-43(40)52(48)36-15-5-2-6-16-36/h1-34H;1-32H. The zero-order valence-electron chi connectivity index (χ0n) is 60.5. The van der Waals surface area contributed by atoms with E-state index in [9.17, 15) is 0 Å². The van der Waals surface area contributed by atoms with Crippen LogP contribution in [-0.4, -0.2) is 9.13 Å². The van der Waals surface area contributed by atoms with Crippen LogP contribution in [0, 0.1) is 0 Å². The van der Waals surface area contributed by atoms with E-state index in [0.29, 0.717) is 0 Å². The van der Waals surface area contributed by atoms with Gasteiger partial charge in [0.15, 0.2) is 11.2 Å². The van der Waals surface area contributed by atoms with Gasteiger partial charge in [-0.25, -0.2) is 0 Å². The monoisotopic (exact) mass is 1430 g/mol. The van der Waals surface area contributed by atoms with Crippen LogP contribution < -0.4 is 9.80 Å². The molecule has 0 bridgehead atoms. The van der Waals surface area contributed by atoms with E-state index in [-0.39, 0.29) is 0 Å². The topological polar surface area (TPSA) is 68.9 Å². The van der Waals surface area contributed by atoms with Crippen molar-refractivity contribution < 1.29 is 17.7 Å². The summed E-state index contributed by atoms with van der Waals surface area (Å²) in [6.07, 6.45) is 0. The smallest absolute Gasteiger partial charge is 0.161 e. The number of para-hydroxylation sites is 8. The molecule has 8 heteroatoms. The summed E-state index contributed by atoms with van der Waals surface area (Å²) in [5.74, 6) is 0. The van der Waals surface area contributed by atoms with E-state index in [1.54, 1.807) is 0 Å². The third-order valence-corrected chi connectivity index (χ3v) is 22.2. The molecule has 526 valence electrons. The Morgan fingerprint density at radius 3 is 1.15 bits per heavy atom. The van der Waals surface area contributed by atoms with Crippen LogP contribution in [0.1, 0.15) is 0 Å². The highest BCUT2D eigenvalue weighted by Crippen LogP contribution is 2.49. The largest absolute Gasteiger partial charge is 0.456 e. The number of aromatic nitrogens is 2. The van der Waals surface area contributed by atoms with Crippen LogP contribution in [0.5, 0.6) is 0 Å². The first-order valence-corrected chi connectivity index (χ1v) is 37.9. The third-order valence-electron chi connectivity index (χ3n) is 22.2. The minimum atomic E-state index is 0.861. The summed E-state index contributed by atoms with van der Waals surface area (Å²) in [5, 5.41) is 11.2. The van der Waals surface area contributed by atoms with Crippen molar-refractivity contribution in [1.29, 1.82) is 0 Å². The summed E-state index contributed by atoms with van der Waals surface area (Å²) in [4.78, 5) is 4.66. The lowest BCUT2D eigenvalue weighted by molar-refractivity contribution is 0.668. The molecule has 0 saturated heterocycles. The lowest BCUT2D eigenvalue weighted by Gasteiger charge is -2.26. The second-order valence-corrected chi connectivity index (χ2v) is 28.6. The van der Waals surface area contributed by atoms with Crippen LogP contribution in [0.3, 0.4) is 0 Å². The number of hydrogen-bond donors (Lipinski definition) is 0. The molecule has 8 nitrogen and oxygen atoms in total. The quantitative estimate of drug-likeness (QED) is 0.121. The highest BCUT2D eigenvalue weighted by molar-refractivity contribution is 6.21. The average Bonchev–Trinajstić information content (AvgIpc) is 1.56. The Morgan fingerprint density at radius 2 is 0.580 bits per heavy atom. The van der Waals surface area contributed by atoms with Crippen molar-refractivity contribution in [1.82, 2.24) is 9.13 Å². The van der Waals surface area contributed by atoms with Gasteiger partial charge in [0.1, 0.15) is 44.5 Å². The SMILES string of the molecule is c1ccc(-c2ccc(N(c3ccc(-c4cccc5c4oc4c6ccccc6n(-c6ccccc6)c54)cc3)c3cccc4oc5ccccc5c34)cc2)cc1.c1ccc(-n2c3ccccc3c3oc4c(-c5ccc(N(c6ccc(-c7cccc8ccccc78)cc6)c6ccc7oc8ccccc8c7c6)cc5)cccc4c32)cc1. The Bertz CT molecular complexity index is 7530. The van der Waals surface area contributed by atoms with E-state index in [4.69, 9.17) is 17.7 Å². The third kappa shape index (κ3) is 10.6. The van der Waals surface area contributed by atoms with Gasteiger partial charge in [-0.15, -0.1) is 0 Å². The van der Waals surface area contributed by atoms with Crippen molar-refractivity contribution in [3.8, 4) is 55.9 Å². The molecular formula is C104H66N4O4. The zero-order chi connectivity index (χ0) is 73.7. The predicted octanol–water partition coefficient (Wildman–Crippen LogP) is 29.6. The number of anilines is 6. The van der Waals surface area contributed by atoms with Crippen molar-refractivity contribution in [2.75, 3.05) is 9.80 Å². The van der Waals surface area contributed by atoms with Gasteiger partial charge in [0.2, 0.25) is 0 Å². The summed E-state index contributed by atoms with van der Waals surface area (Å²) in [6, 6.07) is 141. The van der Waals surface area contributed by atoms with E-state index in [2.05, 4.69) is 395 Å². The number of benzene rings is 17. The lowest BCUT2D eigenvalue weighted by Crippen LogP contribution is -2.10. The number of hydrogen-bond acceptors (Lipinski definition) is 6. The van der Waals surface area contributed by atoms with E-state index in [1.165, 1.54) is 33.0 Å². The highest BCUT2D eigenvalue weighted by atomic mass is 16.3. The van der Waals surface area contributed by atoms with Crippen LogP contribution in [0.2, 0.25) is 0 Å². The van der Waals surface area contributed by atoms with Gasteiger partial charge in [-0.3, -0.25) is 0 Å². The van der Waals surface area contributed by atoms with Gasteiger partial charge >= 0.3 is 0 Å². The van der Waals surface area contributed by atoms with Crippen LogP contribution in [0.25, 0.3) is 176 Å². The van der Waals surface area contributed by atoms with Gasteiger partial charge in [-0.1, -0.05) is 249 Å². The number of rotatable bonds is 12. The molecule has 0 spiro atoms. The van der Waals surface area contributed by atoms with Crippen LogP contribution in [0.4, 0.5) is 34.1 Å². The number of nitrogens with zero attached hydrogens (tertiary/aromatic N) is 4. The van der Waals surface area contributed by atoms with E-state index >= 15 is 0 Å². The van der Waals surface area contributed by atoms with Crippen molar-refractivity contribution in [3.63, 3.8) is 0 Å². The Labute approximate surface area is 643 Å². The normalized spacial score (nSPS) is 11.8. The summed E-state index contributed by atoms with van der Waals surface area (Å²) in [5.41, 5.74) is 29.1. The van der Waals surface area contributed by atoms with Crippen molar-refractivity contribution in [3.05, 3.63) is 400 Å². The fourth-order valence-corrected chi connectivity index (χ4v) is 17.1. The maximum Gasteiger partial charge on any atom is 0.161 e. The zero-order valence-corrected chi connectivity index (χ0v) is 60.5. The highest BCUT2D eigenvalue weighted by Gasteiger charge is 2.26. The van der Waals surface area contributed by atoms with Gasteiger partial charge < -0.3 is 36.6 Å². The molecule has 0 radical (unpaired) electrons. The maximum atomic E-state index is 6.87. The summed E-state index contributed by atoms with van der Waals surface area (Å²) in [6.45, 7) is 0. The second-order valence-electron chi connectivity index (χ2n) is 28.6. The van der Waals surface area contributed by atoms with Gasteiger partial charge in [0, 0.05) is 88.6 Å². The molecule has 6 aromatic heterocycles. The molecule has 0 aliphatic carbocycles. The minimum Gasteiger partial charge on any atom is -0.456 e. The lowest BCUT2D eigenvalue weighted by atomic mass is 9.98. The van der Waals surface area contributed by atoms with Crippen LogP contribution in [-0.2, 0) is 0 Å². The molecule has 23 rings (SSSR count). The first-order valence-electron chi connectivity index (χ1n) is 37.9. The molecule has 0 N–H and O–H groups in total.